The van der Waals surface area contributed by atoms with Crippen LogP contribution in [0.4, 0.5) is 0 Å². The number of carbonyl (C=O) groups is 1. The highest BCUT2D eigenvalue weighted by Gasteiger charge is 2.52. The summed E-state index contributed by atoms with van der Waals surface area (Å²) in [5.74, 6) is -0.284. The second-order valence-corrected chi connectivity index (χ2v) is 10.7. The van der Waals surface area contributed by atoms with E-state index in [1.807, 2.05) is 0 Å². The molecule has 0 aromatic carbocycles. The molecule has 2 fully saturated rings. The first-order valence-electron chi connectivity index (χ1n) is 8.62. The van der Waals surface area contributed by atoms with E-state index >= 15 is 0 Å². The van der Waals surface area contributed by atoms with Gasteiger partial charge < -0.3 is 5.32 Å². The van der Waals surface area contributed by atoms with E-state index in [0.717, 1.165) is 6.54 Å². The number of amides is 1. The molecule has 6 nitrogen and oxygen atoms in total. The normalized spacial score (nSPS) is 27.3. The average Bonchev–Trinajstić information content (AvgIpc) is 3.26. The molecule has 2 aromatic heterocycles. The molecule has 2 aromatic rings. The van der Waals surface area contributed by atoms with Gasteiger partial charge >= 0.3 is 0 Å². The van der Waals surface area contributed by atoms with Gasteiger partial charge in [0.25, 0.3) is 5.91 Å². The number of fused-ring (bicyclic) bond motifs is 1. The number of aryl methyl sites for hydroxylation is 1. The van der Waals surface area contributed by atoms with Gasteiger partial charge in [-0.25, -0.2) is 8.42 Å². The van der Waals surface area contributed by atoms with Gasteiger partial charge in [-0.3, -0.25) is 14.7 Å². The Kier molecular flexibility index (Phi) is 4.58. The minimum Gasteiger partial charge on any atom is -0.348 e. The third-order valence-electron chi connectivity index (χ3n) is 5.19. The van der Waals surface area contributed by atoms with Crippen LogP contribution in [0.25, 0.3) is 0 Å². The van der Waals surface area contributed by atoms with Gasteiger partial charge in [-0.05, 0) is 31.2 Å². The van der Waals surface area contributed by atoms with Gasteiger partial charge in [-0.2, -0.15) is 0 Å². The van der Waals surface area contributed by atoms with E-state index in [4.69, 9.17) is 0 Å². The van der Waals surface area contributed by atoms with Crippen LogP contribution in [0.15, 0.2) is 36.7 Å². The molecular weight excluding hydrogens is 370 g/mol. The van der Waals surface area contributed by atoms with Crippen molar-refractivity contribution in [2.45, 2.75) is 24.8 Å². The van der Waals surface area contributed by atoms with Crippen molar-refractivity contribution in [2.75, 3.05) is 18.8 Å². The Bertz CT molecular complexity index is 911. The maximum absolute atomic E-state index is 12.6. The summed E-state index contributed by atoms with van der Waals surface area (Å²) in [6, 6.07) is 7.23. The van der Waals surface area contributed by atoms with Crippen LogP contribution in [0.3, 0.4) is 0 Å². The quantitative estimate of drug-likeness (QED) is 0.854. The van der Waals surface area contributed by atoms with Crippen LogP contribution in [-0.4, -0.2) is 54.3 Å². The number of aromatic nitrogens is 1. The fraction of sp³-hybridized carbons (Fsp3) is 0.444. The molecule has 0 bridgehead atoms. The van der Waals surface area contributed by atoms with Crippen LogP contribution < -0.4 is 5.32 Å². The fourth-order valence-electron chi connectivity index (χ4n) is 3.96. The minimum absolute atomic E-state index is 0.0281. The van der Waals surface area contributed by atoms with Crippen molar-refractivity contribution < 1.29 is 13.2 Å². The van der Waals surface area contributed by atoms with E-state index in [1.165, 1.54) is 16.0 Å². The first-order valence-corrected chi connectivity index (χ1v) is 11.2. The molecule has 2 aliphatic rings. The molecule has 1 amide bonds. The Balaban J connectivity index is 1.47. The van der Waals surface area contributed by atoms with Gasteiger partial charge in [0.2, 0.25) is 0 Å². The van der Waals surface area contributed by atoms with Crippen LogP contribution in [-0.2, 0) is 16.4 Å². The molecule has 0 aliphatic carbocycles. The molecule has 2 saturated heterocycles. The van der Waals surface area contributed by atoms with Gasteiger partial charge in [0, 0.05) is 53.7 Å². The predicted molar refractivity (Wildman–Crippen MR) is 101 cm³/mol. The largest absolute Gasteiger partial charge is 0.348 e. The van der Waals surface area contributed by atoms with Crippen LogP contribution in [0.5, 0.6) is 0 Å². The number of nitrogens with zero attached hydrogens (tertiary/aromatic N) is 2. The van der Waals surface area contributed by atoms with Crippen molar-refractivity contribution in [3.05, 3.63) is 52.0 Å². The molecule has 2 aliphatic heterocycles. The monoisotopic (exact) mass is 391 g/mol. The van der Waals surface area contributed by atoms with Gasteiger partial charge in [0.05, 0.1) is 16.6 Å². The van der Waals surface area contributed by atoms with E-state index < -0.39 is 9.84 Å². The first kappa shape index (κ1) is 17.6. The molecule has 8 heteroatoms. The number of sulfone groups is 1. The first-order chi connectivity index (χ1) is 12.4. The number of hydrogen-bond donors (Lipinski definition) is 1. The molecule has 3 atom stereocenters. The van der Waals surface area contributed by atoms with Crippen molar-refractivity contribution in [2.24, 2.45) is 5.92 Å². The number of carbonyl (C=O) groups excluding carboxylic acids is 1. The maximum atomic E-state index is 12.6. The summed E-state index contributed by atoms with van der Waals surface area (Å²) in [4.78, 5) is 21.1. The smallest absolute Gasteiger partial charge is 0.253 e. The highest BCUT2D eigenvalue weighted by molar-refractivity contribution is 7.92. The number of hydrogen-bond acceptors (Lipinski definition) is 6. The van der Waals surface area contributed by atoms with E-state index in [9.17, 15) is 13.2 Å². The van der Waals surface area contributed by atoms with Crippen LogP contribution in [0.1, 0.15) is 20.1 Å². The number of thiophene rings is 1. The Morgan fingerprint density at radius 1 is 1.35 bits per heavy atom. The molecule has 0 spiro atoms. The van der Waals surface area contributed by atoms with Crippen LogP contribution in [0.2, 0.25) is 0 Å². The summed E-state index contributed by atoms with van der Waals surface area (Å²) in [5, 5.41) is 2.54. The van der Waals surface area contributed by atoms with Gasteiger partial charge in [-0.1, -0.05) is 0 Å². The van der Waals surface area contributed by atoms with E-state index in [0.29, 0.717) is 18.7 Å². The molecular formula is C18H21N3O3S2. The lowest BCUT2D eigenvalue weighted by Gasteiger charge is -2.20. The van der Waals surface area contributed by atoms with E-state index in [1.54, 1.807) is 29.7 Å². The Labute approximate surface area is 157 Å². The van der Waals surface area contributed by atoms with Gasteiger partial charge in [0.1, 0.15) is 0 Å². The fourth-order valence-corrected chi connectivity index (χ4v) is 7.22. The van der Waals surface area contributed by atoms with Crippen molar-refractivity contribution >= 4 is 27.1 Å². The zero-order valence-corrected chi connectivity index (χ0v) is 16.1. The van der Waals surface area contributed by atoms with Gasteiger partial charge in [0.15, 0.2) is 9.84 Å². The predicted octanol–water partition coefficient (Wildman–Crippen LogP) is 1.48. The Morgan fingerprint density at radius 3 is 2.88 bits per heavy atom. The lowest BCUT2D eigenvalue weighted by molar-refractivity contribution is 0.0930. The topological polar surface area (TPSA) is 79.4 Å². The summed E-state index contributed by atoms with van der Waals surface area (Å²) in [6.45, 7) is 4.08. The summed E-state index contributed by atoms with van der Waals surface area (Å²) in [7, 11) is -3.19. The summed E-state index contributed by atoms with van der Waals surface area (Å²) in [5.41, 5.74) is 0.456. The molecule has 138 valence electrons. The molecule has 0 unspecified atom stereocenters. The lowest BCUT2D eigenvalue weighted by Crippen LogP contribution is -2.42. The second-order valence-electron chi connectivity index (χ2n) is 7.06. The van der Waals surface area contributed by atoms with Crippen molar-refractivity contribution in [1.82, 2.24) is 15.2 Å². The van der Waals surface area contributed by atoms with Crippen molar-refractivity contribution in [3.63, 3.8) is 0 Å². The highest BCUT2D eigenvalue weighted by Crippen LogP contribution is 2.35. The lowest BCUT2D eigenvalue weighted by atomic mass is 10.0. The maximum Gasteiger partial charge on any atom is 0.253 e. The van der Waals surface area contributed by atoms with Crippen molar-refractivity contribution in [3.8, 4) is 0 Å². The third kappa shape index (κ3) is 3.41. The summed E-state index contributed by atoms with van der Waals surface area (Å²) >= 11 is 1.74. The Hall–Kier alpha value is -1.77. The Morgan fingerprint density at radius 2 is 2.19 bits per heavy atom. The van der Waals surface area contributed by atoms with E-state index in [-0.39, 0.29) is 28.9 Å². The minimum atomic E-state index is -3.19. The molecule has 4 rings (SSSR count). The molecule has 0 saturated carbocycles. The molecule has 4 heterocycles. The molecule has 26 heavy (non-hydrogen) atoms. The van der Waals surface area contributed by atoms with Crippen LogP contribution in [0, 0.1) is 12.8 Å². The third-order valence-corrected chi connectivity index (χ3v) is 8.42. The zero-order valence-electron chi connectivity index (χ0n) is 14.5. The number of rotatable bonds is 4. The molecule has 0 radical (unpaired) electrons. The van der Waals surface area contributed by atoms with E-state index in [2.05, 4.69) is 34.3 Å². The average molecular weight is 392 g/mol. The van der Waals surface area contributed by atoms with Gasteiger partial charge in [-0.15, -0.1) is 11.3 Å². The SMILES string of the molecule is Cc1ccc(CN2C[C@H]3[C@H](NC(=O)c4cccnc4)CS(=O)(=O)[C@H]3C2)s1. The second kappa shape index (κ2) is 6.75. The molecule has 1 N–H and O–H groups in total. The number of nitrogens with one attached hydrogen (secondary N) is 1. The zero-order chi connectivity index (χ0) is 18.3. The highest BCUT2D eigenvalue weighted by atomic mass is 32.2. The standard InChI is InChI=1S/C18H21N3O3S2/c1-12-4-5-14(25-12)8-21-9-15-16(11-26(23,24)17(15)10-21)20-18(22)13-3-2-6-19-7-13/h2-7,15-17H,8-11H2,1H3,(H,20,22)/t15-,16+,17-/m0/s1. The number of likely N-dealkylation sites (tertiary alicyclic amines) is 1. The van der Waals surface area contributed by atoms with Crippen LogP contribution >= 0.6 is 11.3 Å². The summed E-state index contributed by atoms with van der Waals surface area (Å²) in [6.07, 6.45) is 3.10. The summed E-state index contributed by atoms with van der Waals surface area (Å²) < 4.78 is 25.2. The van der Waals surface area contributed by atoms with Crippen molar-refractivity contribution in [1.29, 1.82) is 0 Å². The number of pyridine rings is 1.